The first-order valence-electron chi connectivity index (χ1n) is 8.43. The fourth-order valence-corrected chi connectivity index (χ4v) is 2.88. The lowest BCUT2D eigenvalue weighted by atomic mass is 10.0. The molecule has 0 heterocycles. The van der Waals surface area contributed by atoms with Crippen LogP contribution in [0, 0.1) is 5.82 Å². The molecule has 1 N–H and O–H groups in total. The van der Waals surface area contributed by atoms with E-state index in [0.717, 1.165) is 24.5 Å². The number of halogens is 2. The van der Waals surface area contributed by atoms with Crippen molar-refractivity contribution in [3.63, 3.8) is 0 Å². The number of carbonyl (C=O) groups is 2. The third-order valence-corrected chi connectivity index (χ3v) is 4.39. The van der Waals surface area contributed by atoms with Crippen LogP contribution in [0.4, 0.5) is 4.39 Å². The molecule has 26 heavy (non-hydrogen) atoms. The first-order chi connectivity index (χ1) is 12.4. The molecular formula is C20H21BrFNO3. The molecule has 4 nitrogen and oxygen atoms in total. The van der Waals surface area contributed by atoms with E-state index in [0.29, 0.717) is 4.47 Å². The number of amides is 1. The average Bonchev–Trinajstić information content (AvgIpc) is 2.63. The Hall–Kier alpha value is -2.21. The second-order valence-electron chi connectivity index (χ2n) is 5.93. The Morgan fingerprint density at radius 1 is 1.19 bits per heavy atom. The minimum Gasteiger partial charge on any atom is -0.449 e. The molecule has 0 saturated heterocycles. The fraction of sp³-hybridized carbons (Fsp3) is 0.300. The molecule has 2 aromatic carbocycles. The second-order valence-corrected chi connectivity index (χ2v) is 6.85. The molecule has 0 aliphatic carbocycles. The van der Waals surface area contributed by atoms with E-state index in [1.165, 1.54) is 19.1 Å². The van der Waals surface area contributed by atoms with Crippen molar-refractivity contribution in [3.8, 4) is 0 Å². The smallest absolute Gasteiger partial charge is 0.341 e. The molecule has 0 saturated carbocycles. The topological polar surface area (TPSA) is 55.4 Å². The zero-order chi connectivity index (χ0) is 19.1. The van der Waals surface area contributed by atoms with Crippen molar-refractivity contribution in [1.82, 2.24) is 5.32 Å². The van der Waals surface area contributed by atoms with E-state index in [1.54, 1.807) is 0 Å². The highest BCUT2D eigenvalue weighted by atomic mass is 79.9. The molecule has 0 fully saturated rings. The second kappa shape index (κ2) is 9.48. The number of carbonyl (C=O) groups excluding carboxylic acids is 2. The van der Waals surface area contributed by atoms with E-state index in [2.05, 4.69) is 21.2 Å². The molecule has 2 atom stereocenters. The molecule has 6 heteroatoms. The van der Waals surface area contributed by atoms with Gasteiger partial charge in [0, 0.05) is 4.47 Å². The van der Waals surface area contributed by atoms with E-state index in [4.69, 9.17) is 4.74 Å². The van der Waals surface area contributed by atoms with Crippen LogP contribution in [0.3, 0.4) is 0 Å². The lowest BCUT2D eigenvalue weighted by Gasteiger charge is -2.21. The summed E-state index contributed by atoms with van der Waals surface area (Å²) in [5.41, 5.74) is 0.770. The van der Waals surface area contributed by atoms with Crippen LogP contribution in [0.25, 0.3) is 0 Å². The maximum Gasteiger partial charge on any atom is 0.341 e. The zero-order valence-electron chi connectivity index (χ0n) is 14.7. The lowest BCUT2D eigenvalue weighted by molar-refractivity contribution is -0.129. The van der Waals surface area contributed by atoms with Crippen molar-refractivity contribution in [2.75, 3.05) is 0 Å². The SMILES string of the molecule is CCCC(NC(=O)C(C)OC(=O)c1cc(Br)ccc1F)c1ccccc1. The van der Waals surface area contributed by atoms with Gasteiger partial charge in [-0.1, -0.05) is 59.6 Å². The van der Waals surface area contributed by atoms with Crippen molar-refractivity contribution < 1.29 is 18.7 Å². The molecule has 0 aromatic heterocycles. The van der Waals surface area contributed by atoms with Gasteiger partial charge < -0.3 is 10.1 Å². The van der Waals surface area contributed by atoms with Crippen LogP contribution in [0.5, 0.6) is 0 Å². The normalized spacial score (nSPS) is 12.9. The predicted molar refractivity (Wildman–Crippen MR) is 101 cm³/mol. The van der Waals surface area contributed by atoms with Crippen molar-refractivity contribution >= 4 is 27.8 Å². The summed E-state index contributed by atoms with van der Waals surface area (Å²) in [6, 6.07) is 13.4. The Kier molecular flexibility index (Phi) is 7.33. The van der Waals surface area contributed by atoms with Gasteiger partial charge in [0.2, 0.25) is 0 Å². The van der Waals surface area contributed by atoms with E-state index < -0.39 is 23.8 Å². The molecule has 0 aliphatic rings. The van der Waals surface area contributed by atoms with Crippen molar-refractivity contribution in [2.45, 2.75) is 38.8 Å². The van der Waals surface area contributed by atoms with E-state index >= 15 is 0 Å². The van der Waals surface area contributed by atoms with Gasteiger partial charge in [-0.25, -0.2) is 9.18 Å². The number of ether oxygens (including phenoxy) is 1. The third kappa shape index (κ3) is 5.39. The fourth-order valence-electron chi connectivity index (χ4n) is 2.52. The Bertz CT molecular complexity index is 767. The van der Waals surface area contributed by atoms with Crippen LogP contribution in [0.1, 0.15) is 48.7 Å². The quantitative estimate of drug-likeness (QED) is 0.653. The van der Waals surface area contributed by atoms with Crippen LogP contribution in [0.2, 0.25) is 0 Å². The highest BCUT2D eigenvalue weighted by molar-refractivity contribution is 9.10. The Balaban J connectivity index is 2.04. The minimum atomic E-state index is -1.04. The van der Waals surface area contributed by atoms with Gasteiger partial charge in [-0.3, -0.25) is 4.79 Å². The van der Waals surface area contributed by atoms with Gasteiger partial charge in [0.1, 0.15) is 5.82 Å². The molecule has 0 spiro atoms. The number of hydrogen-bond acceptors (Lipinski definition) is 3. The van der Waals surface area contributed by atoms with Crippen LogP contribution in [-0.4, -0.2) is 18.0 Å². The molecule has 2 unspecified atom stereocenters. The maximum absolute atomic E-state index is 13.8. The maximum atomic E-state index is 13.8. The van der Waals surface area contributed by atoms with Gasteiger partial charge >= 0.3 is 5.97 Å². The molecule has 2 rings (SSSR count). The highest BCUT2D eigenvalue weighted by Crippen LogP contribution is 2.19. The van der Waals surface area contributed by atoms with Crippen LogP contribution < -0.4 is 5.32 Å². The Morgan fingerprint density at radius 3 is 2.54 bits per heavy atom. The summed E-state index contributed by atoms with van der Waals surface area (Å²) in [6.07, 6.45) is 0.609. The first kappa shape index (κ1) is 20.1. The van der Waals surface area contributed by atoms with E-state index in [-0.39, 0.29) is 11.6 Å². The third-order valence-electron chi connectivity index (χ3n) is 3.90. The minimum absolute atomic E-state index is 0.169. The molecule has 0 aliphatic heterocycles. The predicted octanol–water partition coefficient (Wildman–Crippen LogP) is 4.79. The molecule has 1 amide bonds. The molecule has 138 valence electrons. The van der Waals surface area contributed by atoms with E-state index in [1.807, 2.05) is 37.3 Å². The number of hydrogen-bond donors (Lipinski definition) is 1. The van der Waals surface area contributed by atoms with Gasteiger partial charge in [0.15, 0.2) is 6.10 Å². The van der Waals surface area contributed by atoms with Crippen molar-refractivity contribution in [2.24, 2.45) is 0 Å². The largest absolute Gasteiger partial charge is 0.449 e. The zero-order valence-corrected chi connectivity index (χ0v) is 16.3. The van der Waals surface area contributed by atoms with Gasteiger partial charge in [-0.2, -0.15) is 0 Å². The summed E-state index contributed by atoms with van der Waals surface area (Å²) in [4.78, 5) is 24.6. The summed E-state index contributed by atoms with van der Waals surface area (Å²) < 4.78 is 19.5. The first-order valence-corrected chi connectivity index (χ1v) is 9.23. The van der Waals surface area contributed by atoms with Gasteiger partial charge in [-0.05, 0) is 37.1 Å². The molecule has 2 aromatic rings. The lowest BCUT2D eigenvalue weighted by Crippen LogP contribution is -2.38. The van der Waals surface area contributed by atoms with Crippen LogP contribution >= 0.6 is 15.9 Å². The summed E-state index contributed by atoms with van der Waals surface area (Å²) in [6.45, 7) is 3.50. The van der Waals surface area contributed by atoms with E-state index in [9.17, 15) is 14.0 Å². The summed E-state index contributed by atoms with van der Waals surface area (Å²) in [5.74, 6) is -1.99. The van der Waals surface area contributed by atoms with Crippen LogP contribution in [-0.2, 0) is 9.53 Å². The molecular weight excluding hydrogens is 401 g/mol. The van der Waals surface area contributed by atoms with Gasteiger partial charge in [0.25, 0.3) is 5.91 Å². The standard InChI is InChI=1S/C20H21BrFNO3/c1-3-7-18(14-8-5-4-6-9-14)23-19(24)13(2)26-20(25)16-12-15(21)10-11-17(16)22/h4-6,8-13,18H,3,7H2,1-2H3,(H,23,24). The number of nitrogens with one attached hydrogen (secondary N) is 1. The van der Waals surface area contributed by atoms with Gasteiger partial charge in [-0.15, -0.1) is 0 Å². The molecule has 0 bridgehead atoms. The Labute approximate surface area is 160 Å². The summed E-state index contributed by atoms with van der Waals surface area (Å²) in [5, 5.41) is 2.90. The van der Waals surface area contributed by atoms with Gasteiger partial charge in [0.05, 0.1) is 11.6 Å². The van der Waals surface area contributed by atoms with Crippen molar-refractivity contribution in [3.05, 3.63) is 69.9 Å². The number of rotatable bonds is 7. The van der Waals surface area contributed by atoms with Crippen molar-refractivity contribution in [1.29, 1.82) is 0 Å². The van der Waals surface area contributed by atoms with Crippen LogP contribution in [0.15, 0.2) is 53.0 Å². The number of benzene rings is 2. The highest BCUT2D eigenvalue weighted by Gasteiger charge is 2.23. The average molecular weight is 422 g/mol. The Morgan fingerprint density at radius 2 is 1.88 bits per heavy atom. The number of esters is 1. The molecule has 0 radical (unpaired) electrons. The monoisotopic (exact) mass is 421 g/mol. The summed E-state index contributed by atoms with van der Waals surface area (Å²) in [7, 11) is 0. The summed E-state index contributed by atoms with van der Waals surface area (Å²) >= 11 is 3.18.